The van der Waals surface area contributed by atoms with Crippen molar-refractivity contribution >= 4 is 32.4 Å². The van der Waals surface area contributed by atoms with Gasteiger partial charge in [0, 0.05) is 31.7 Å². The van der Waals surface area contributed by atoms with Crippen LogP contribution in [-0.2, 0) is 14.8 Å². The predicted molar refractivity (Wildman–Crippen MR) is 116 cm³/mol. The van der Waals surface area contributed by atoms with Gasteiger partial charge in [-0.1, -0.05) is 59.9 Å². The van der Waals surface area contributed by atoms with Crippen LogP contribution in [0.2, 0.25) is 0 Å². The van der Waals surface area contributed by atoms with Gasteiger partial charge in [-0.15, -0.1) is 10.2 Å². The Kier molecular flexibility index (Phi) is 6.18. The van der Waals surface area contributed by atoms with Crippen LogP contribution in [0.25, 0.3) is 10.6 Å². The number of hydrogen-bond acceptors (Lipinski definition) is 7. The summed E-state index contributed by atoms with van der Waals surface area (Å²) < 4.78 is 26.8. The first-order valence-corrected chi connectivity index (χ1v) is 11.7. The van der Waals surface area contributed by atoms with Gasteiger partial charge in [-0.25, -0.2) is 8.42 Å². The molecule has 1 aliphatic heterocycles. The van der Waals surface area contributed by atoms with E-state index in [-0.39, 0.29) is 12.5 Å². The first kappa shape index (κ1) is 20.6. The van der Waals surface area contributed by atoms with Crippen molar-refractivity contribution in [3.05, 3.63) is 60.7 Å². The minimum absolute atomic E-state index is 0.180. The zero-order valence-corrected chi connectivity index (χ0v) is 17.8. The Morgan fingerprint density at radius 3 is 2.23 bits per heavy atom. The summed E-state index contributed by atoms with van der Waals surface area (Å²) in [6, 6.07) is 18.1. The Labute approximate surface area is 179 Å². The lowest BCUT2D eigenvalue weighted by Crippen LogP contribution is -2.50. The lowest BCUT2D eigenvalue weighted by molar-refractivity contribution is -0.117. The van der Waals surface area contributed by atoms with Crippen molar-refractivity contribution in [1.29, 1.82) is 0 Å². The van der Waals surface area contributed by atoms with Gasteiger partial charge in [-0.05, 0) is 12.1 Å². The SMILES string of the molecule is O=C(CN1CCN(S(=O)(=O)c2ccccc2)CC1)Nc1nnc(-c2ccccc2)s1. The molecule has 0 saturated carbocycles. The van der Waals surface area contributed by atoms with Gasteiger partial charge in [-0.2, -0.15) is 4.31 Å². The fourth-order valence-electron chi connectivity index (χ4n) is 3.20. The highest BCUT2D eigenvalue weighted by Crippen LogP contribution is 2.26. The number of nitrogens with one attached hydrogen (secondary N) is 1. The van der Waals surface area contributed by atoms with Crippen LogP contribution in [0.5, 0.6) is 0 Å². The normalized spacial score (nSPS) is 15.7. The molecule has 8 nitrogen and oxygen atoms in total. The van der Waals surface area contributed by atoms with E-state index in [0.29, 0.717) is 36.2 Å². The smallest absolute Gasteiger partial charge is 0.243 e. The maximum atomic E-state index is 12.7. The molecule has 3 aromatic rings. The Morgan fingerprint density at radius 2 is 1.57 bits per heavy atom. The second kappa shape index (κ2) is 9.00. The van der Waals surface area contributed by atoms with E-state index in [9.17, 15) is 13.2 Å². The Hall–Kier alpha value is -2.66. The minimum Gasteiger partial charge on any atom is -0.299 e. The summed E-state index contributed by atoms with van der Waals surface area (Å²) in [5.41, 5.74) is 0.950. The van der Waals surface area contributed by atoms with Crippen molar-refractivity contribution in [1.82, 2.24) is 19.4 Å². The van der Waals surface area contributed by atoms with E-state index in [0.717, 1.165) is 10.6 Å². The third-order valence-corrected chi connectivity index (χ3v) is 7.57. The molecule has 0 unspecified atom stereocenters. The Bertz CT molecular complexity index is 1100. The highest BCUT2D eigenvalue weighted by atomic mass is 32.2. The van der Waals surface area contributed by atoms with Crippen molar-refractivity contribution in [2.24, 2.45) is 0 Å². The lowest BCUT2D eigenvalue weighted by Gasteiger charge is -2.33. The Balaban J connectivity index is 1.29. The van der Waals surface area contributed by atoms with Gasteiger partial charge in [0.1, 0.15) is 5.01 Å². The van der Waals surface area contributed by atoms with Crippen molar-refractivity contribution in [2.75, 3.05) is 38.0 Å². The molecule has 0 bridgehead atoms. The summed E-state index contributed by atoms with van der Waals surface area (Å²) in [6.07, 6.45) is 0. The van der Waals surface area contributed by atoms with Crippen LogP contribution in [0.15, 0.2) is 65.6 Å². The highest BCUT2D eigenvalue weighted by molar-refractivity contribution is 7.89. The average Bonchev–Trinajstić information content (AvgIpc) is 3.24. The van der Waals surface area contributed by atoms with E-state index in [1.165, 1.54) is 15.6 Å². The van der Waals surface area contributed by atoms with Gasteiger partial charge in [0.15, 0.2) is 0 Å². The van der Waals surface area contributed by atoms with Crippen LogP contribution in [0.1, 0.15) is 0 Å². The van der Waals surface area contributed by atoms with Gasteiger partial charge in [-0.3, -0.25) is 15.0 Å². The summed E-state index contributed by atoms with van der Waals surface area (Å²) in [4.78, 5) is 14.6. The lowest BCUT2D eigenvalue weighted by atomic mass is 10.2. The molecule has 4 rings (SSSR count). The summed E-state index contributed by atoms with van der Waals surface area (Å²) in [6.45, 7) is 1.86. The van der Waals surface area contributed by atoms with Gasteiger partial charge in [0.2, 0.25) is 21.1 Å². The molecule has 0 atom stereocenters. The van der Waals surface area contributed by atoms with Crippen LogP contribution < -0.4 is 5.32 Å². The van der Waals surface area contributed by atoms with Crippen LogP contribution >= 0.6 is 11.3 Å². The quantitative estimate of drug-likeness (QED) is 0.627. The monoisotopic (exact) mass is 443 g/mol. The Morgan fingerprint density at radius 1 is 0.933 bits per heavy atom. The van der Waals surface area contributed by atoms with Crippen molar-refractivity contribution in [3.63, 3.8) is 0 Å². The molecule has 10 heteroatoms. The molecule has 1 aromatic heterocycles. The van der Waals surface area contributed by atoms with Crippen LogP contribution in [0, 0.1) is 0 Å². The maximum Gasteiger partial charge on any atom is 0.243 e. The van der Waals surface area contributed by atoms with Gasteiger partial charge in [0.25, 0.3) is 0 Å². The fraction of sp³-hybridized carbons (Fsp3) is 0.250. The molecule has 1 N–H and O–H groups in total. The minimum atomic E-state index is -3.50. The van der Waals surface area contributed by atoms with Crippen molar-refractivity contribution in [3.8, 4) is 10.6 Å². The molecular weight excluding hydrogens is 422 g/mol. The van der Waals surface area contributed by atoms with E-state index >= 15 is 0 Å². The molecule has 0 spiro atoms. The number of aromatic nitrogens is 2. The third kappa shape index (κ3) is 4.73. The van der Waals surface area contributed by atoms with Gasteiger partial charge < -0.3 is 0 Å². The van der Waals surface area contributed by atoms with Gasteiger partial charge in [0.05, 0.1) is 11.4 Å². The average molecular weight is 444 g/mol. The summed E-state index contributed by atoms with van der Waals surface area (Å²) >= 11 is 1.32. The molecular formula is C20H21N5O3S2. The molecule has 2 heterocycles. The molecule has 1 aliphatic rings. The van der Waals surface area contributed by atoms with Gasteiger partial charge >= 0.3 is 0 Å². The van der Waals surface area contributed by atoms with Crippen LogP contribution in [-0.4, -0.2) is 66.5 Å². The second-order valence-electron chi connectivity index (χ2n) is 6.82. The predicted octanol–water partition coefficient (Wildman–Crippen LogP) is 2.15. The van der Waals surface area contributed by atoms with E-state index in [2.05, 4.69) is 15.5 Å². The number of anilines is 1. The molecule has 0 aliphatic carbocycles. The number of hydrogen-bond donors (Lipinski definition) is 1. The number of benzene rings is 2. The molecule has 2 aromatic carbocycles. The highest BCUT2D eigenvalue weighted by Gasteiger charge is 2.29. The molecule has 0 radical (unpaired) electrons. The number of carbonyl (C=O) groups excluding carboxylic acids is 1. The van der Waals surface area contributed by atoms with Crippen LogP contribution in [0.3, 0.4) is 0 Å². The molecule has 1 fully saturated rings. The summed E-state index contributed by atoms with van der Waals surface area (Å²) in [5, 5.41) is 12.1. The molecule has 1 saturated heterocycles. The largest absolute Gasteiger partial charge is 0.299 e. The number of amides is 1. The van der Waals surface area contributed by atoms with E-state index in [1.807, 2.05) is 35.2 Å². The van der Waals surface area contributed by atoms with E-state index in [1.54, 1.807) is 30.3 Å². The number of rotatable bonds is 6. The van der Waals surface area contributed by atoms with Crippen molar-refractivity contribution < 1.29 is 13.2 Å². The second-order valence-corrected chi connectivity index (χ2v) is 9.74. The summed E-state index contributed by atoms with van der Waals surface area (Å²) in [5.74, 6) is -0.190. The number of sulfonamides is 1. The molecule has 156 valence electrons. The maximum absolute atomic E-state index is 12.7. The topological polar surface area (TPSA) is 95.5 Å². The third-order valence-electron chi connectivity index (χ3n) is 4.77. The molecule has 1 amide bonds. The van der Waals surface area contributed by atoms with Crippen molar-refractivity contribution in [2.45, 2.75) is 4.90 Å². The van der Waals surface area contributed by atoms with E-state index in [4.69, 9.17) is 0 Å². The number of carbonyl (C=O) groups is 1. The molecule has 30 heavy (non-hydrogen) atoms. The van der Waals surface area contributed by atoms with E-state index < -0.39 is 10.0 Å². The standard InChI is InChI=1S/C20H21N5O3S2/c26-18(21-20-23-22-19(29-20)16-7-3-1-4-8-16)15-24-11-13-25(14-12-24)30(27,28)17-9-5-2-6-10-17/h1-10H,11-15H2,(H,21,23,26). The first-order chi connectivity index (χ1) is 14.5. The first-order valence-electron chi connectivity index (χ1n) is 9.49. The number of piperazine rings is 1. The number of nitrogens with zero attached hydrogens (tertiary/aromatic N) is 4. The summed E-state index contributed by atoms with van der Waals surface area (Å²) in [7, 11) is -3.50. The fourth-order valence-corrected chi connectivity index (χ4v) is 5.41. The zero-order chi connectivity index (χ0) is 21.0. The zero-order valence-electron chi connectivity index (χ0n) is 16.1. The van der Waals surface area contributed by atoms with Crippen LogP contribution in [0.4, 0.5) is 5.13 Å².